The Bertz CT molecular complexity index is 1210. The van der Waals surface area contributed by atoms with E-state index in [1.807, 2.05) is 30.3 Å². The lowest BCUT2D eigenvalue weighted by atomic mass is 10.0. The number of nitrogens with zero attached hydrogens (tertiary/aromatic N) is 2. The first-order chi connectivity index (χ1) is 17.7. The van der Waals surface area contributed by atoms with Gasteiger partial charge in [0.15, 0.2) is 0 Å². The van der Waals surface area contributed by atoms with Crippen molar-refractivity contribution in [2.75, 3.05) is 6.54 Å². The number of imidazole rings is 1. The van der Waals surface area contributed by atoms with E-state index < -0.39 is 0 Å². The number of aryl methyl sites for hydroxylation is 2. The van der Waals surface area contributed by atoms with Crippen molar-refractivity contribution < 1.29 is 4.79 Å². The minimum atomic E-state index is 0.0723. The van der Waals surface area contributed by atoms with Crippen LogP contribution in [0.3, 0.4) is 0 Å². The van der Waals surface area contributed by atoms with Crippen molar-refractivity contribution in [3.63, 3.8) is 0 Å². The van der Waals surface area contributed by atoms with E-state index >= 15 is 0 Å². The molecule has 0 unspecified atom stereocenters. The summed E-state index contributed by atoms with van der Waals surface area (Å²) >= 11 is 0. The molecule has 188 valence electrons. The molecule has 36 heavy (non-hydrogen) atoms. The lowest BCUT2D eigenvalue weighted by Gasteiger charge is -2.10. The molecule has 0 fully saturated rings. The number of carbonyl (C=O) groups excluding carboxylic acids is 1. The van der Waals surface area contributed by atoms with E-state index in [1.165, 1.54) is 55.2 Å². The van der Waals surface area contributed by atoms with Gasteiger partial charge in [-0.05, 0) is 41.7 Å². The molecule has 0 spiro atoms. The van der Waals surface area contributed by atoms with Crippen LogP contribution in [0.2, 0.25) is 0 Å². The molecule has 1 aromatic heterocycles. The van der Waals surface area contributed by atoms with Crippen LogP contribution in [-0.4, -0.2) is 22.0 Å². The minimum absolute atomic E-state index is 0.0723. The Hall–Kier alpha value is -3.40. The molecule has 4 nitrogen and oxygen atoms in total. The molecule has 0 bridgehead atoms. The Kier molecular flexibility index (Phi) is 9.72. The predicted octanol–water partition coefficient (Wildman–Crippen LogP) is 7.36. The Morgan fingerprint density at radius 1 is 0.778 bits per heavy atom. The molecule has 1 N–H and O–H groups in total. The van der Waals surface area contributed by atoms with Crippen molar-refractivity contribution in [3.05, 3.63) is 90.3 Å². The molecular formula is C32H39N3O. The fourth-order valence-corrected chi connectivity index (χ4v) is 4.78. The van der Waals surface area contributed by atoms with Crippen LogP contribution >= 0.6 is 0 Å². The number of benzene rings is 3. The highest BCUT2D eigenvalue weighted by molar-refractivity contribution is 5.79. The maximum Gasteiger partial charge on any atom is 0.224 e. The highest BCUT2D eigenvalue weighted by Gasteiger charge is 2.11. The van der Waals surface area contributed by atoms with Gasteiger partial charge in [-0.3, -0.25) is 4.79 Å². The Morgan fingerprint density at radius 3 is 2.28 bits per heavy atom. The predicted molar refractivity (Wildman–Crippen MR) is 150 cm³/mol. The second kappa shape index (κ2) is 13.6. The van der Waals surface area contributed by atoms with Gasteiger partial charge >= 0.3 is 0 Å². The number of carbonyl (C=O) groups is 1. The SMILES string of the molecule is CCCCCCCCn1c(CCCNC(=O)Cc2ccc(-c3ccccc3)cc2)nc2ccccc21. The number of aromatic nitrogens is 2. The largest absolute Gasteiger partial charge is 0.356 e. The summed E-state index contributed by atoms with van der Waals surface area (Å²) in [4.78, 5) is 17.4. The fourth-order valence-electron chi connectivity index (χ4n) is 4.78. The van der Waals surface area contributed by atoms with Gasteiger partial charge in [-0.15, -0.1) is 0 Å². The minimum Gasteiger partial charge on any atom is -0.356 e. The van der Waals surface area contributed by atoms with Crippen molar-refractivity contribution in [2.45, 2.75) is 71.3 Å². The summed E-state index contributed by atoms with van der Waals surface area (Å²) in [6, 6.07) is 27.0. The highest BCUT2D eigenvalue weighted by atomic mass is 16.1. The molecule has 0 aliphatic carbocycles. The van der Waals surface area contributed by atoms with Crippen molar-refractivity contribution in [3.8, 4) is 11.1 Å². The molecule has 0 aliphatic rings. The van der Waals surface area contributed by atoms with E-state index in [1.54, 1.807) is 0 Å². The third-order valence-corrected chi connectivity index (χ3v) is 6.79. The van der Waals surface area contributed by atoms with Crippen molar-refractivity contribution in [1.29, 1.82) is 0 Å². The standard InChI is InChI=1S/C32H39N3O/c1-2-3-4-5-6-12-24-35-30-17-11-10-16-29(30)34-31(35)18-13-23-33-32(36)25-26-19-21-28(22-20-26)27-14-8-7-9-15-27/h7-11,14-17,19-22H,2-6,12-13,18,23-25H2,1H3,(H,33,36). The van der Waals surface area contributed by atoms with Crippen LogP contribution in [0.1, 0.15) is 63.3 Å². The quantitative estimate of drug-likeness (QED) is 0.191. The second-order valence-electron chi connectivity index (χ2n) is 9.63. The lowest BCUT2D eigenvalue weighted by molar-refractivity contribution is -0.120. The van der Waals surface area contributed by atoms with Gasteiger partial charge in [-0.2, -0.15) is 0 Å². The fraction of sp³-hybridized carbons (Fsp3) is 0.375. The van der Waals surface area contributed by atoms with Crippen molar-refractivity contribution in [1.82, 2.24) is 14.9 Å². The van der Waals surface area contributed by atoms with E-state index in [0.29, 0.717) is 13.0 Å². The average Bonchev–Trinajstić information content (AvgIpc) is 3.27. The van der Waals surface area contributed by atoms with Gasteiger partial charge in [0.05, 0.1) is 17.5 Å². The molecule has 4 heteroatoms. The maximum absolute atomic E-state index is 12.5. The summed E-state index contributed by atoms with van der Waals surface area (Å²) in [5, 5.41) is 3.10. The zero-order valence-electron chi connectivity index (χ0n) is 21.6. The third kappa shape index (κ3) is 7.30. The summed E-state index contributed by atoms with van der Waals surface area (Å²) in [7, 11) is 0. The molecule has 3 aromatic carbocycles. The second-order valence-corrected chi connectivity index (χ2v) is 9.63. The number of hydrogen-bond donors (Lipinski definition) is 1. The van der Waals surface area contributed by atoms with Crippen LogP contribution < -0.4 is 5.32 Å². The van der Waals surface area contributed by atoms with Crippen LogP contribution in [-0.2, 0) is 24.2 Å². The van der Waals surface area contributed by atoms with Crippen LogP contribution in [0.25, 0.3) is 22.2 Å². The molecule has 0 saturated carbocycles. The molecule has 0 atom stereocenters. The van der Waals surface area contributed by atoms with Gasteiger partial charge in [-0.25, -0.2) is 4.98 Å². The smallest absolute Gasteiger partial charge is 0.224 e. The van der Waals surface area contributed by atoms with Crippen molar-refractivity contribution >= 4 is 16.9 Å². The van der Waals surface area contributed by atoms with Crippen LogP contribution in [0.15, 0.2) is 78.9 Å². The monoisotopic (exact) mass is 481 g/mol. The molecule has 1 amide bonds. The van der Waals surface area contributed by atoms with E-state index in [-0.39, 0.29) is 5.91 Å². The average molecular weight is 482 g/mol. The first kappa shape index (κ1) is 25.7. The first-order valence-electron chi connectivity index (χ1n) is 13.6. The zero-order chi connectivity index (χ0) is 25.0. The number of para-hydroxylation sites is 2. The Labute approximate surface area is 215 Å². The van der Waals surface area contributed by atoms with Gasteiger partial charge in [0.1, 0.15) is 5.82 Å². The summed E-state index contributed by atoms with van der Waals surface area (Å²) in [6.45, 7) is 3.95. The molecule has 0 aliphatic heterocycles. The molecule has 0 saturated heterocycles. The number of fused-ring (bicyclic) bond motifs is 1. The molecule has 4 rings (SSSR count). The van der Waals surface area contributed by atoms with Crippen LogP contribution in [0.4, 0.5) is 0 Å². The van der Waals surface area contributed by atoms with E-state index in [2.05, 4.69) is 65.3 Å². The molecule has 0 radical (unpaired) electrons. The van der Waals surface area contributed by atoms with Gasteiger partial charge in [-0.1, -0.05) is 106 Å². The maximum atomic E-state index is 12.5. The van der Waals surface area contributed by atoms with Gasteiger partial charge in [0.25, 0.3) is 0 Å². The number of hydrogen-bond acceptors (Lipinski definition) is 2. The van der Waals surface area contributed by atoms with Gasteiger partial charge < -0.3 is 9.88 Å². The van der Waals surface area contributed by atoms with Crippen molar-refractivity contribution in [2.24, 2.45) is 0 Å². The van der Waals surface area contributed by atoms with Crippen LogP contribution in [0, 0.1) is 0 Å². The van der Waals surface area contributed by atoms with Gasteiger partial charge in [0, 0.05) is 19.5 Å². The number of unbranched alkanes of at least 4 members (excludes halogenated alkanes) is 5. The van der Waals surface area contributed by atoms with Gasteiger partial charge in [0.2, 0.25) is 5.91 Å². The number of rotatable bonds is 14. The zero-order valence-corrected chi connectivity index (χ0v) is 21.6. The molecule has 4 aromatic rings. The van der Waals surface area contributed by atoms with E-state index in [0.717, 1.165) is 36.3 Å². The summed E-state index contributed by atoms with van der Waals surface area (Å²) in [5.41, 5.74) is 5.69. The molecular weight excluding hydrogens is 442 g/mol. The summed E-state index contributed by atoms with van der Waals surface area (Å²) < 4.78 is 2.39. The highest BCUT2D eigenvalue weighted by Crippen LogP contribution is 2.20. The normalized spacial score (nSPS) is 11.1. The number of amides is 1. The lowest BCUT2D eigenvalue weighted by Crippen LogP contribution is -2.26. The Morgan fingerprint density at radius 2 is 1.47 bits per heavy atom. The van der Waals surface area contributed by atoms with E-state index in [4.69, 9.17) is 4.98 Å². The van der Waals surface area contributed by atoms with E-state index in [9.17, 15) is 4.79 Å². The Balaban J connectivity index is 1.24. The third-order valence-electron chi connectivity index (χ3n) is 6.79. The topological polar surface area (TPSA) is 46.9 Å². The molecule has 1 heterocycles. The summed E-state index contributed by atoms with van der Waals surface area (Å²) in [5.74, 6) is 1.21. The summed E-state index contributed by atoms with van der Waals surface area (Å²) in [6.07, 6.45) is 9.91. The van der Waals surface area contributed by atoms with Crippen LogP contribution in [0.5, 0.6) is 0 Å². The number of nitrogens with one attached hydrogen (secondary N) is 1. The first-order valence-corrected chi connectivity index (χ1v) is 13.6.